The van der Waals surface area contributed by atoms with Gasteiger partial charge in [-0.1, -0.05) is 53.7 Å². The van der Waals surface area contributed by atoms with E-state index < -0.39 is 0 Å². The highest BCUT2D eigenvalue weighted by Crippen LogP contribution is 2.29. The molecule has 0 aliphatic heterocycles. The summed E-state index contributed by atoms with van der Waals surface area (Å²) < 4.78 is 7.66. The zero-order valence-electron chi connectivity index (χ0n) is 16.1. The number of furan rings is 1. The fraction of sp³-hybridized carbons (Fsp3) is 0.190. The van der Waals surface area contributed by atoms with Crippen molar-refractivity contribution in [3.05, 3.63) is 77.5 Å². The van der Waals surface area contributed by atoms with Crippen LogP contribution < -0.4 is 5.32 Å². The highest BCUT2D eigenvalue weighted by Gasteiger charge is 2.09. The van der Waals surface area contributed by atoms with Crippen molar-refractivity contribution < 1.29 is 4.42 Å². The normalized spacial score (nSPS) is 10.7. The second kappa shape index (κ2) is 11.2. The molecular formula is C21H21Cl2N5OS. The maximum absolute atomic E-state index is 6.23. The molecule has 0 aliphatic rings. The first kappa shape index (κ1) is 22.4. The summed E-state index contributed by atoms with van der Waals surface area (Å²) in [6, 6.07) is 21.5. The molecule has 0 spiro atoms. The van der Waals surface area contributed by atoms with E-state index in [0.717, 1.165) is 46.6 Å². The summed E-state index contributed by atoms with van der Waals surface area (Å²) in [5.41, 5.74) is 1.87. The number of tetrazole rings is 1. The SMILES string of the molecule is Cl.Clc1ccccc1-c1ccc(CNCCCSc2nnnn2-c2ccccc2)o1. The Labute approximate surface area is 190 Å². The summed E-state index contributed by atoms with van der Waals surface area (Å²) in [5, 5.41) is 16.9. The van der Waals surface area contributed by atoms with Gasteiger partial charge in [0.15, 0.2) is 0 Å². The number of hydrogen-bond donors (Lipinski definition) is 1. The minimum atomic E-state index is 0. The standard InChI is InChI=1S/C21H20ClN5OS.ClH/c22-19-10-5-4-9-18(19)20-12-11-17(28-20)15-23-13-6-14-29-21-24-25-26-27(21)16-7-2-1-3-8-16;/h1-5,7-12,23H,6,13-15H2;1H. The molecule has 0 radical (unpaired) electrons. The predicted molar refractivity (Wildman–Crippen MR) is 123 cm³/mol. The number of para-hydroxylation sites is 1. The summed E-state index contributed by atoms with van der Waals surface area (Å²) in [7, 11) is 0. The molecule has 0 saturated heterocycles. The predicted octanol–water partition coefficient (Wildman–Crippen LogP) is 5.27. The van der Waals surface area contributed by atoms with Crippen LogP contribution in [0.5, 0.6) is 0 Å². The van der Waals surface area contributed by atoms with Crippen molar-refractivity contribution in [1.82, 2.24) is 25.5 Å². The molecule has 6 nitrogen and oxygen atoms in total. The van der Waals surface area contributed by atoms with E-state index in [0.29, 0.717) is 11.6 Å². The molecule has 0 amide bonds. The van der Waals surface area contributed by atoms with Gasteiger partial charge in [0.05, 0.1) is 17.3 Å². The average molecular weight is 462 g/mol. The number of thioether (sulfide) groups is 1. The van der Waals surface area contributed by atoms with E-state index in [-0.39, 0.29) is 12.4 Å². The Morgan fingerprint density at radius 2 is 1.80 bits per heavy atom. The molecule has 9 heteroatoms. The van der Waals surface area contributed by atoms with Crippen LogP contribution in [-0.2, 0) is 6.54 Å². The minimum absolute atomic E-state index is 0. The fourth-order valence-corrected chi connectivity index (χ4v) is 3.91. The van der Waals surface area contributed by atoms with Crippen LogP contribution in [0.2, 0.25) is 5.02 Å². The highest BCUT2D eigenvalue weighted by atomic mass is 35.5. The van der Waals surface area contributed by atoms with Gasteiger partial charge in [-0.15, -0.1) is 17.5 Å². The third-order valence-electron chi connectivity index (χ3n) is 4.27. The second-order valence-electron chi connectivity index (χ2n) is 6.33. The van der Waals surface area contributed by atoms with Gasteiger partial charge in [-0.2, -0.15) is 4.68 Å². The number of nitrogens with one attached hydrogen (secondary N) is 1. The molecule has 0 unspecified atom stereocenters. The molecule has 1 N–H and O–H groups in total. The van der Waals surface area contributed by atoms with Crippen LogP contribution >= 0.6 is 35.8 Å². The molecule has 0 aliphatic carbocycles. The second-order valence-corrected chi connectivity index (χ2v) is 7.80. The molecule has 156 valence electrons. The monoisotopic (exact) mass is 461 g/mol. The van der Waals surface area contributed by atoms with Crippen LogP contribution in [-0.4, -0.2) is 32.5 Å². The Balaban J connectivity index is 0.00000256. The number of rotatable bonds is 9. The fourth-order valence-electron chi connectivity index (χ4n) is 2.85. The van der Waals surface area contributed by atoms with Crippen molar-refractivity contribution >= 4 is 35.8 Å². The van der Waals surface area contributed by atoms with Crippen LogP contribution in [0.1, 0.15) is 12.2 Å². The molecule has 0 saturated carbocycles. The van der Waals surface area contributed by atoms with Crippen molar-refractivity contribution in [3.8, 4) is 17.0 Å². The third kappa shape index (κ3) is 5.64. The quantitative estimate of drug-likeness (QED) is 0.270. The topological polar surface area (TPSA) is 68.8 Å². The first-order valence-corrected chi connectivity index (χ1v) is 10.7. The van der Waals surface area contributed by atoms with Crippen molar-refractivity contribution in [2.24, 2.45) is 0 Å². The number of benzene rings is 2. The summed E-state index contributed by atoms with van der Waals surface area (Å²) >= 11 is 7.87. The molecule has 0 bridgehead atoms. The Bertz CT molecular complexity index is 1050. The Kier molecular flexibility index (Phi) is 8.33. The lowest BCUT2D eigenvalue weighted by Crippen LogP contribution is -2.14. The molecular weight excluding hydrogens is 441 g/mol. The minimum Gasteiger partial charge on any atom is -0.460 e. The number of halogens is 2. The van der Waals surface area contributed by atoms with Crippen molar-refractivity contribution in [2.45, 2.75) is 18.1 Å². The van der Waals surface area contributed by atoms with E-state index in [1.165, 1.54) is 0 Å². The van der Waals surface area contributed by atoms with Gasteiger partial charge in [-0.25, -0.2) is 0 Å². The molecule has 2 aromatic carbocycles. The van der Waals surface area contributed by atoms with E-state index in [4.69, 9.17) is 16.0 Å². The van der Waals surface area contributed by atoms with E-state index in [2.05, 4.69) is 20.8 Å². The van der Waals surface area contributed by atoms with Crippen LogP contribution in [0.3, 0.4) is 0 Å². The molecule has 0 atom stereocenters. The first-order valence-electron chi connectivity index (χ1n) is 9.32. The molecule has 0 fully saturated rings. The van der Waals surface area contributed by atoms with Gasteiger partial charge >= 0.3 is 0 Å². The van der Waals surface area contributed by atoms with E-state index in [1.807, 2.05) is 66.7 Å². The Hall–Kier alpha value is -2.32. The summed E-state index contributed by atoms with van der Waals surface area (Å²) in [4.78, 5) is 0. The maximum Gasteiger partial charge on any atom is 0.214 e. The zero-order chi connectivity index (χ0) is 19.9. The molecule has 2 aromatic heterocycles. The van der Waals surface area contributed by atoms with Gasteiger partial charge in [-0.3, -0.25) is 0 Å². The number of hydrogen-bond acceptors (Lipinski definition) is 6. The summed E-state index contributed by atoms with van der Waals surface area (Å²) in [6.07, 6.45) is 0.990. The van der Waals surface area contributed by atoms with Crippen molar-refractivity contribution in [2.75, 3.05) is 12.3 Å². The first-order chi connectivity index (χ1) is 14.3. The van der Waals surface area contributed by atoms with E-state index >= 15 is 0 Å². The highest BCUT2D eigenvalue weighted by molar-refractivity contribution is 7.99. The van der Waals surface area contributed by atoms with E-state index in [1.54, 1.807) is 16.4 Å². The summed E-state index contributed by atoms with van der Waals surface area (Å²) in [5.74, 6) is 2.60. The lowest BCUT2D eigenvalue weighted by Gasteiger charge is -2.05. The summed E-state index contributed by atoms with van der Waals surface area (Å²) in [6.45, 7) is 1.55. The Morgan fingerprint density at radius 1 is 1.00 bits per heavy atom. The molecule has 30 heavy (non-hydrogen) atoms. The van der Waals surface area contributed by atoms with Gasteiger partial charge in [0.1, 0.15) is 11.5 Å². The van der Waals surface area contributed by atoms with Crippen LogP contribution in [0.25, 0.3) is 17.0 Å². The Morgan fingerprint density at radius 3 is 2.63 bits per heavy atom. The van der Waals surface area contributed by atoms with Gasteiger partial charge < -0.3 is 9.73 Å². The van der Waals surface area contributed by atoms with Crippen molar-refractivity contribution in [1.29, 1.82) is 0 Å². The average Bonchev–Trinajstić information content (AvgIpc) is 3.41. The van der Waals surface area contributed by atoms with Gasteiger partial charge in [0, 0.05) is 11.3 Å². The molecule has 4 aromatic rings. The van der Waals surface area contributed by atoms with E-state index in [9.17, 15) is 0 Å². The maximum atomic E-state index is 6.23. The lowest BCUT2D eigenvalue weighted by atomic mass is 10.2. The van der Waals surface area contributed by atoms with Crippen LogP contribution in [0.15, 0.2) is 76.3 Å². The third-order valence-corrected chi connectivity index (χ3v) is 5.61. The molecule has 4 rings (SSSR count). The van der Waals surface area contributed by atoms with Gasteiger partial charge in [0.2, 0.25) is 5.16 Å². The number of aromatic nitrogens is 4. The zero-order valence-corrected chi connectivity index (χ0v) is 18.5. The lowest BCUT2D eigenvalue weighted by molar-refractivity contribution is 0.494. The van der Waals surface area contributed by atoms with Crippen molar-refractivity contribution in [3.63, 3.8) is 0 Å². The largest absolute Gasteiger partial charge is 0.460 e. The smallest absolute Gasteiger partial charge is 0.214 e. The molecule has 2 heterocycles. The number of nitrogens with zero attached hydrogens (tertiary/aromatic N) is 4. The van der Waals surface area contributed by atoms with Crippen LogP contribution in [0, 0.1) is 0 Å². The van der Waals surface area contributed by atoms with Crippen LogP contribution in [0.4, 0.5) is 0 Å². The van der Waals surface area contributed by atoms with Gasteiger partial charge in [-0.05, 0) is 59.8 Å². The van der Waals surface area contributed by atoms with Gasteiger partial charge in [0.25, 0.3) is 0 Å².